The zero-order valence-electron chi connectivity index (χ0n) is 12.4. The third-order valence-corrected chi connectivity index (χ3v) is 2.92. The van der Waals surface area contributed by atoms with Crippen LogP contribution < -0.4 is 5.32 Å². The summed E-state index contributed by atoms with van der Waals surface area (Å²) in [5.74, 6) is -0.223. The van der Waals surface area contributed by atoms with Crippen molar-refractivity contribution in [2.45, 2.75) is 19.4 Å². The summed E-state index contributed by atoms with van der Waals surface area (Å²) in [5.41, 5.74) is 0.283. The lowest BCUT2D eigenvalue weighted by Crippen LogP contribution is -2.39. The number of hydrogen-bond acceptors (Lipinski definition) is 1. The van der Waals surface area contributed by atoms with Gasteiger partial charge in [0.15, 0.2) is 5.96 Å². The Morgan fingerprint density at radius 3 is 2.76 bits per heavy atom. The molecule has 3 nitrogen and oxygen atoms in total. The van der Waals surface area contributed by atoms with E-state index in [9.17, 15) is 8.78 Å². The monoisotopic (exact) mass is 409 g/mol. The molecule has 0 saturated heterocycles. The quantitative estimate of drug-likeness (QED) is 0.256. The summed E-state index contributed by atoms with van der Waals surface area (Å²) in [6, 6.07) is 3.42. The molecule has 0 spiro atoms. The molecule has 1 rings (SSSR count). The molecule has 0 heterocycles. The lowest BCUT2D eigenvalue weighted by molar-refractivity contribution is 0.468. The van der Waals surface area contributed by atoms with Crippen LogP contribution in [0, 0.1) is 11.6 Å². The van der Waals surface area contributed by atoms with E-state index in [0.717, 1.165) is 31.5 Å². The maximum absolute atomic E-state index is 13.5. The average molecular weight is 409 g/mol. The van der Waals surface area contributed by atoms with E-state index in [0.29, 0.717) is 5.96 Å². The number of nitrogens with one attached hydrogen (secondary N) is 1. The minimum atomic E-state index is -0.447. The van der Waals surface area contributed by atoms with Crippen molar-refractivity contribution in [3.05, 3.63) is 48.1 Å². The first-order valence-electron chi connectivity index (χ1n) is 6.55. The number of rotatable bonds is 6. The minimum Gasteiger partial charge on any atom is -0.352 e. The van der Waals surface area contributed by atoms with E-state index < -0.39 is 11.6 Å². The standard InChI is InChI=1S/C15H21F2N3.HI/c1-4-5-6-9-20(3)15(18-2)19-11-12-10-13(16)7-8-14(12)17;/h4,7-8,10H,1,5-6,9,11H2,2-3H3,(H,18,19);1H. The van der Waals surface area contributed by atoms with Gasteiger partial charge in [-0.25, -0.2) is 8.78 Å². The van der Waals surface area contributed by atoms with Gasteiger partial charge in [0.25, 0.3) is 0 Å². The van der Waals surface area contributed by atoms with Gasteiger partial charge < -0.3 is 10.2 Å². The smallest absolute Gasteiger partial charge is 0.193 e. The molecule has 118 valence electrons. The van der Waals surface area contributed by atoms with Gasteiger partial charge in [0, 0.05) is 32.7 Å². The van der Waals surface area contributed by atoms with Crippen LogP contribution in [0.4, 0.5) is 8.78 Å². The van der Waals surface area contributed by atoms with Gasteiger partial charge in [-0.2, -0.15) is 0 Å². The Balaban J connectivity index is 0.00000400. The largest absolute Gasteiger partial charge is 0.352 e. The number of aliphatic imine (C=N–C) groups is 1. The van der Waals surface area contributed by atoms with E-state index >= 15 is 0 Å². The van der Waals surface area contributed by atoms with Crippen molar-refractivity contribution >= 4 is 29.9 Å². The molecule has 21 heavy (non-hydrogen) atoms. The highest BCUT2D eigenvalue weighted by molar-refractivity contribution is 14.0. The highest BCUT2D eigenvalue weighted by Crippen LogP contribution is 2.09. The normalized spacial score (nSPS) is 10.8. The summed E-state index contributed by atoms with van der Waals surface area (Å²) < 4.78 is 26.6. The van der Waals surface area contributed by atoms with Crippen molar-refractivity contribution in [2.24, 2.45) is 4.99 Å². The van der Waals surface area contributed by atoms with E-state index in [-0.39, 0.29) is 36.1 Å². The number of benzene rings is 1. The molecule has 0 aromatic heterocycles. The van der Waals surface area contributed by atoms with Crippen LogP contribution in [-0.2, 0) is 6.54 Å². The van der Waals surface area contributed by atoms with Gasteiger partial charge in [0.2, 0.25) is 0 Å². The molecule has 0 bridgehead atoms. The number of halogens is 3. The average Bonchev–Trinajstić information content (AvgIpc) is 2.43. The van der Waals surface area contributed by atoms with Crippen LogP contribution in [0.2, 0.25) is 0 Å². The first kappa shape index (κ1) is 19.8. The molecule has 0 atom stereocenters. The molecule has 0 aliphatic carbocycles. The molecule has 6 heteroatoms. The molecule has 0 unspecified atom stereocenters. The molecule has 0 aliphatic rings. The van der Waals surface area contributed by atoms with Crippen molar-refractivity contribution < 1.29 is 8.78 Å². The zero-order valence-corrected chi connectivity index (χ0v) is 14.7. The van der Waals surface area contributed by atoms with Crippen molar-refractivity contribution in [1.29, 1.82) is 0 Å². The number of unbranched alkanes of at least 4 members (excludes halogenated alkanes) is 1. The predicted molar refractivity (Wildman–Crippen MR) is 94.0 cm³/mol. The Morgan fingerprint density at radius 2 is 2.14 bits per heavy atom. The van der Waals surface area contributed by atoms with Gasteiger partial charge in [-0.3, -0.25) is 4.99 Å². The second-order valence-corrected chi connectivity index (χ2v) is 4.49. The molecule has 1 aromatic carbocycles. The maximum atomic E-state index is 13.5. The van der Waals surface area contributed by atoms with E-state index in [4.69, 9.17) is 0 Å². The predicted octanol–water partition coefficient (Wildman–Crippen LogP) is 3.56. The van der Waals surface area contributed by atoms with Crippen molar-refractivity contribution in [2.75, 3.05) is 20.6 Å². The lowest BCUT2D eigenvalue weighted by atomic mass is 10.2. The summed E-state index contributed by atoms with van der Waals surface area (Å²) >= 11 is 0. The Hall–Kier alpha value is -1.18. The van der Waals surface area contributed by atoms with Crippen molar-refractivity contribution in [3.8, 4) is 0 Å². The van der Waals surface area contributed by atoms with Gasteiger partial charge in [0.1, 0.15) is 11.6 Å². The summed E-state index contributed by atoms with van der Waals surface area (Å²) in [6.07, 6.45) is 3.76. The van der Waals surface area contributed by atoms with Crippen LogP contribution in [0.3, 0.4) is 0 Å². The first-order valence-corrected chi connectivity index (χ1v) is 6.55. The van der Waals surface area contributed by atoms with Crippen LogP contribution in [-0.4, -0.2) is 31.5 Å². The molecular formula is C15H22F2IN3. The van der Waals surface area contributed by atoms with Crippen LogP contribution in [0.25, 0.3) is 0 Å². The molecule has 0 aliphatic heterocycles. The van der Waals surface area contributed by atoms with Crippen LogP contribution >= 0.6 is 24.0 Å². The van der Waals surface area contributed by atoms with E-state index in [1.807, 2.05) is 18.0 Å². The van der Waals surface area contributed by atoms with Gasteiger partial charge in [-0.1, -0.05) is 6.08 Å². The fraction of sp³-hybridized carbons (Fsp3) is 0.400. The maximum Gasteiger partial charge on any atom is 0.193 e. The fourth-order valence-electron chi connectivity index (χ4n) is 1.82. The topological polar surface area (TPSA) is 27.6 Å². The van der Waals surface area contributed by atoms with E-state index in [2.05, 4.69) is 16.9 Å². The second kappa shape index (κ2) is 10.5. The highest BCUT2D eigenvalue weighted by Gasteiger charge is 2.08. The van der Waals surface area contributed by atoms with Crippen LogP contribution in [0.15, 0.2) is 35.8 Å². The highest BCUT2D eigenvalue weighted by atomic mass is 127. The zero-order chi connectivity index (χ0) is 15.0. The van der Waals surface area contributed by atoms with Crippen molar-refractivity contribution in [1.82, 2.24) is 10.2 Å². The van der Waals surface area contributed by atoms with Gasteiger partial charge in [-0.15, -0.1) is 30.6 Å². The van der Waals surface area contributed by atoms with Crippen molar-refractivity contribution in [3.63, 3.8) is 0 Å². The molecule has 0 fully saturated rings. The first-order chi connectivity index (χ1) is 9.58. The fourth-order valence-corrected chi connectivity index (χ4v) is 1.82. The van der Waals surface area contributed by atoms with Gasteiger partial charge in [0.05, 0.1) is 0 Å². The molecule has 0 amide bonds. The Morgan fingerprint density at radius 1 is 1.43 bits per heavy atom. The summed E-state index contributed by atoms with van der Waals surface area (Å²) in [6.45, 7) is 4.69. The second-order valence-electron chi connectivity index (χ2n) is 4.49. The van der Waals surface area contributed by atoms with E-state index in [1.54, 1.807) is 7.05 Å². The summed E-state index contributed by atoms with van der Waals surface area (Å²) in [7, 11) is 3.56. The van der Waals surface area contributed by atoms with Crippen LogP contribution in [0.5, 0.6) is 0 Å². The Kier molecular flexibility index (Phi) is 9.94. The SMILES string of the molecule is C=CCCCN(C)C(=NC)NCc1cc(F)ccc1F.I. The molecule has 1 N–H and O–H groups in total. The third kappa shape index (κ3) is 6.88. The van der Waals surface area contributed by atoms with Gasteiger partial charge in [-0.05, 0) is 31.0 Å². The Labute approximate surface area is 142 Å². The number of nitrogens with zero attached hydrogens (tertiary/aromatic N) is 2. The number of guanidine groups is 1. The lowest BCUT2D eigenvalue weighted by Gasteiger charge is -2.22. The summed E-state index contributed by atoms with van der Waals surface area (Å²) in [5, 5.41) is 3.02. The summed E-state index contributed by atoms with van der Waals surface area (Å²) in [4.78, 5) is 6.07. The minimum absolute atomic E-state index is 0. The number of allylic oxidation sites excluding steroid dienone is 1. The van der Waals surface area contributed by atoms with E-state index in [1.165, 1.54) is 6.07 Å². The molecule has 1 aromatic rings. The molecule has 0 radical (unpaired) electrons. The molecule has 0 saturated carbocycles. The van der Waals surface area contributed by atoms with Gasteiger partial charge >= 0.3 is 0 Å². The molecular weight excluding hydrogens is 387 g/mol. The Bertz CT molecular complexity index is 478. The number of hydrogen-bond donors (Lipinski definition) is 1. The third-order valence-electron chi connectivity index (χ3n) is 2.92. The van der Waals surface area contributed by atoms with Crippen LogP contribution in [0.1, 0.15) is 18.4 Å².